The van der Waals surface area contributed by atoms with Gasteiger partial charge in [-0.05, 0) is 24.5 Å². The van der Waals surface area contributed by atoms with Crippen LogP contribution in [0.25, 0.3) is 10.9 Å². The van der Waals surface area contributed by atoms with Crippen LogP contribution in [0.3, 0.4) is 0 Å². The molecule has 4 atom stereocenters. The van der Waals surface area contributed by atoms with Gasteiger partial charge in [0, 0.05) is 30.1 Å². The third kappa shape index (κ3) is 10.4. The van der Waals surface area contributed by atoms with Crippen LogP contribution in [0.5, 0.6) is 0 Å². The number of carbonyl (C=O) groups is 6. The van der Waals surface area contributed by atoms with E-state index in [4.69, 9.17) is 28.0 Å². The van der Waals surface area contributed by atoms with Crippen molar-refractivity contribution in [1.29, 1.82) is 0 Å². The van der Waals surface area contributed by atoms with Crippen LogP contribution in [0.2, 0.25) is 0 Å². The van der Waals surface area contributed by atoms with Crippen molar-refractivity contribution in [2.24, 2.45) is 27.9 Å². The Morgan fingerprint density at radius 3 is 2.10 bits per heavy atom. The maximum absolute atomic E-state index is 13.4. The van der Waals surface area contributed by atoms with Crippen molar-refractivity contribution in [1.82, 2.24) is 20.9 Å². The number of carbonyl (C=O) groups excluding carboxylic acids is 4. The predicted molar refractivity (Wildman–Crippen MR) is 149 cm³/mol. The van der Waals surface area contributed by atoms with Gasteiger partial charge in [0.05, 0.1) is 18.9 Å². The van der Waals surface area contributed by atoms with Gasteiger partial charge in [-0.25, -0.2) is 4.79 Å². The Balaban J connectivity index is 2.34. The molecule has 1 aromatic heterocycles. The summed E-state index contributed by atoms with van der Waals surface area (Å²) >= 11 is 0. The number of primary amides is 1. The fourth-order valence-corrected chi connectivity index (χ4v) is 4.01. The molecule has 0 fully saturated rings. The SMILES string of the molecule is NC(=O)CC(N)C(=O)NC(CCCN=C(N)N)C(=O)NC(Cc1c[nH]c2ccccc12)C(=O)NC(CC(=O)O)C(=O)O. The Morgan fingerprint density at radius 1 is 0.857 bits per heavy atom. The van der Waals surface area contributed by atoms with Gasteiger partial charge in [0.1, 0.15) is 18.1 Å². The minimum atomic E-state index is -1.78. The molecule has 228 valence electrons. The number of carboxylic acids is 2. The second-order valence-corrected chi connectivity index (χ2v) is 9.41. The lowest BCUT2D eigenvalue weighted by Crippen LogP contribution is -2.58. The first-order valence-electron chi connectivity index (χ1n) is 12.8. The zero-order chi connectivity index (χ0) is 31.4. The van der Waals surface area contributed by atoms with Crippen molar-refractivity contribution < 1.29 is 39.0 Å². The number of aliphatic carboxylic acids is 2. The number of nitrogens with zero attached hydrogens (tertiary/aromatic N) is 1. The van der Waals surface area contributed by atoms with E-state index in [1.807, 2.05) is 0 Å². The third-order valence-corrected chi connectivity index (χ3v) is 6.06. The summed E-state index contributed by atoms with van der Waals surface area (Å²) in [5.41, 5.74) is 22.8. The van der Waals surface area contributed by atoms with Crippen LogP contribution in [-0.2, 0) is 35.2 Å². The number of aromatic amines is 1. The maximum atomic E-state index is 13.4. The number of para-hydroxylation sites is 1. The second kappa shape index (κ2) is 15.6. The van der Waals surface area contributed by atoms with E-state index in [2.05, 4.69) is 25.9 Å². The molecule has 0 radical (unpaired) electrons. The highest BCUT2D eigenvalue weighted by atomic mass is 16.4. The third-order valence-electron chi connectivity index (χ3n) is 6.06. The Bertz CT molecular complexity index is 1340. The molecule has 0 spiro atoms. The van der Waals surface area contributed by atoms with E-state index in [1.54, 1.807) is 30.5 Å². The van der Waals surface area contributed by atoms with E-state index >= 15 is 0 Å². The van der Waals surface area contributed by atoms with Crippen molar-refractivity contribution in [3.8, 4) is 0 Å². The van der Waals surface area contributed by atoms with Crippen molar-refractivity contribution in [3.05, 3.63) is 36.0 Å². The number of hydrogen-bond donors (Lipinski definition) is 10. The fourth-order valence-electron chi connectivity index (χ4n) is 4.01. The normalized spacial score (nSPS) is 13.6. The first-order chi connectivity index (χ1) is 19.8. The summed E-state index contributed by atoms with van der Waals surface area (Å²) in [6.45, 7) is 0.101. The smallest absolute Gasteiger partial charge is 0.326 e. The first-order valence-corrected chi connectivity index (χ1v) is 12.8. The van der Waals surface area contributed by atoms with E-state index in [-0.39, 0.29) is 31.8 Å². The summed E-state index contributed by atoms with van der Waals surface area (Å²) in [6.07, 6.45) is 0.281. The topological polar surface area (TPSA) is 311 Å². The summed E-state index contributed by atoms with van der Waals surface area (Å²) < 4.78 is 0. The quantitative estimate of drug-likeness (QED) is 0.0503. The number of nitrogens with two attached hydrogens (primary N) is 4. The number of rotatable bonds is 17. The highest BCUT2D eigenvalue weighted by molar-refractivity contribution is 5.96. The summed E-state index contributed by atoms with van der Waals surface area (Å²) in [5, 5.41) is 26.3. The summed E-state index contributed by atoms with van der Waals surface area (Å²) in [4.78, 5) is 80.0. The molecule has 14 N–H and O–H groups in total. The van der Waals surface area contributed by atoms with Crippen LogP contribution in [0.4, 0.5) is 0 Å². The number of nitrogens with one attached hydrogen (secondary N) is 4. The van der Waals surface area contributed by atoms with Crippen molar-refractivity contribution in [2.75, 3.05) is 6.54 Å². The average molecular weight is 590 g/mol. The number of H-pyrrole nitrogens is 1. The van der Waals surface area contributed by atoms with Crippen molar-refractivity contribution in [2.45, 2.75) is 56.3 Å². The zero-order valence-electron chi connectivity index (χ0n) is 22.5. The molecule has 0 aliphatic heterocycles. The van der Waals surface area contributed by atoms with Crippen LogP contribution in [-0.4, -0.2) is 87.4 Å². The van der Waals surface area contributed by atoms with Gasteiger partial charge in [-0.2, -0.15) is 0 Å². The average Bonchev–Trinajstić information content (AvgIpc) is 3.31. The first kappa shape index (κ1) is 33.0. The summed E-state index contributed by atoms with van der Waals surface area (Å²) in [5.74, 6) is -6.75. The minimum Gasteiger partial charge on any atom is -0.481 e. The van der Waals surface area contributed by atoms with Gasteiger partial charge in [-0.15, -0.1) is 0 Å². The molecule has 2 aromatic rings. The number of carboxylic acid groups (broad SMARTS) is 2. The van der Waals surface area contributed by atoms with Gasteiger partial charge < -0.3 is 54.1 Å². The van der Waals surface area contributed by atoms with Gasteiger partial charge in [0.15, 0.2) is 5.96 Å². The van der Waals surface area contributed by atoms with Crippen LogP contribution in [0, 0.1) is 0 Å². The van der Waals surface area contributed by atoms with E-state index in [0.29, 0.717) is 5.56 Å². The Morgan fingerprint density at radius 2 is 1.48 bits per heavy atom. The molecule has 0 aliphatic carbocycles. The molecule has 0 saturated carbocycles. The van der Waals surface area contributed by atoms with Crippen LogP contribution >= 0.6 is 0 Å². The van der Waals surface area contributed by atoms with Crippen molar-refractivity contribution >= 4 is 52.4 Å². The molecule has 17 nitrogen and oxygen atoms in total. The van der Waals surface area contributed by atoms with E-state index in [9.17, 15) is 33.9 Å². The standard InChI is InChI=1S/C25H35N9O8/c26-14(9-19(27)35)21(38)32-16(6-3-7-30-25(28)29)22(39)33-17(23(40)34-18(24(41)42)10-20(36)37)8-12-11-31-15-5-2-1-4-13(12)15/h1-2,4-5,11,14,16-18,31H,3,6-10,26H2,(H2,27,35)(H,32,38)(H,33,39)(H,34,40)(H,36,37)(H,41,42)(H4,28,29,30). The lowest BCUT2D eigenvalue weighted by molar-refractivity contribution is -0.147. The van der Waals surface area contributed by atoms with E-state index < -0.39 is 72.6 Å². The lowest BCUT2D eigenvalue weighted by Gasteiger charge is -2.25. The monoisotopic (exact) mass is 589 g/mol. The highest BCUT2D eigenvalue weighted by Crippen LogP contribution is 2.19. The number of amides is 4. The largest absolute Gasteiger partial charge is 0.481 e. The van der Waals surface area contributed by atoms with E-state index in [0.717, 1.165) is 10.9 Å². The van der Waals surface area contributed by atoms with Gasteiger partial charge in [-0.1, -0.05) is 18.2 Å². The number of hydrogen-bond acceptors (Lipinski definition) is 8. The highest BCUT2D eigenvalue weighted by Gasteiger charge is 2.32. The van der Waals surface area contributed by atoms with Crippen LogP contribution in [0.15, 0.2) is 35.5 Å². The van der Waals surface area contributed by atoms with Crippen LogP contribution < -0.4 is 38.9 Å². The summed E-state index contributed by atoms with van der Waals surface area (Å²) in [6, 6.07) is 1.30. The Hall–Kier alpha value is -5.19. The Kier molecular flexibility index (Phi) is 12.2. The molecule has 0 saturated heterocycles. The molecular weight excluding hydrogens is 554 g/mol. The molecule has 17 heteroatoms. The van der Waals surface area contributed by atoms with Crippen molar-refractivity contribution in [3.63, 3.8) is 0 Å². The molecule has 4 amide bonds. The predicted octanol–water partition coefficient (Wildman–Crippen LogP) is -3.02. The molecule has 42 heavy (non-hydrogen) atoms. The number of benzene rings is 1. The fraction of sp³-hybridized carbons (Fsp3) is 0.400. The number of fused-ring (bicyclic) bond motifs is 1. The number of aromatic nitrogens is 1. The molecular formula is C25H35N9O8. The molecule has 1 heterocycles. The molecule has 0 bridgehead atoms. The van der Waals surface area contributed by atoms with Gasteiger partial charge in [0.25, 0.3) is 0 Å². The molecule has 4 unspecified atom stereocenters. The molecule has 0 aliphatic rings. The maximum Gasteiger partial charge on any atom is 0.326 e. The van der Waals surface area contributed by atoms with Gasteiger partial charge in [-0.3, -0.25) is 29.0 Å². The number of aliphatic imine (C=N–C) groups is 1. The number of guanidine groups is 1. The lowest BCUT2D eigenvalue weighted by atomic mass is 10.0. The van der Waals surface area contributed by atoms with Crippen LogP contribution in [0.1, 0.15) is 31.2 Å². The zero-order valence-corrected chi connectivity index (χ0v) is 22.5. The second-order valence-electron chi connectivity index (χ2n) is 9.41. The molecule has 1 aromatic carbocycles. The van der Waals surface area contributed by atoms with E-state index in [1.165, 1.54) is 0 Å². The van der Waals surface area contributed by atoms with Gasteiger partial charge >= 0.3 is 11.9 Å². The van der Waals surface area contributed by atoms with Gasteiger partial charge in [0.2, 0.25) is 23.6 Å². The summed E-state index contributed by atoms with van der Waals surface area (Å²) in [7, 11) is 0. The Labute approximate surface area is 239 Å². The molecule has 2 rings (SSSR count). The minimum absolute atomic E-state index is 0.0180.